The summed E-state index contributed by atoms with van der Waals surface area (Å²) < 4.78 is 54.4. The first-order chi connectivity index (χ1) is 32.2. The van der Waals surface area contributed by atoms with E-state index < -0.39 is 43.1 Å². The van der Waals surface area contributed by atoms with Gasteiger partial charge in [0.2, 0.25) is 5.75 Å². The predicted octanol–water partition coefficient (Wildman–Crippen LogP) is 8.46. The average Bonchev–Trinajstić information content (AvgIpc) is 4.05. The number of fused-ring (bicyclic) bond motifs is 2. The third-order valence-electron chi connectivity index (χ3n) is 14.7. The Balaban J connectivity index is 0.844. The average molecular weight is 935 g/mol. The van der Waals surface area contributed by atoms with Gasteiger partial charge in [0, 0.05) is 61.2 Å². The van der Waals surface area contributed by atoms with E-state index in [2.05, 4.69) is 49.2 Å². The molecule has 67 heavy (non-hydrogen) atoms. The van der Waals surface area contributed by atoms with E-state index in [1.165, 1.54) is 30.2 Å². The fourth-order valence-electron chi connectivity index (χ4n) is 10.7. The molecular weight excluding hydrogens is 877 g/mol. The molecule has 5 aliphatic rings. The Morgan fingerprint density at radius 3 is 2.57 bits per heavy atom. The van der Waals surface area contributed by atoms with E-state index in [0.29, 0.717) is 62.3 Å². The fraction of sp³-hybridized carbons (Fsp3) is 0.480. The van der Waals surface area contributed by atoms with Gasteiger partial charge in [0.1, 0.15) is 29.9 Å². The van der Waals surface area contributed by atoms with Crippen molar-refractivity contribution in [1.29, 1.82) is 0 Å². The summed E-state index contributed by atoms with van der Waals surface area (Å²) in [5.74, 6) is -0.166. The normalized spacial score (nSPS) is 23.1. The Bertz CT molecular complexity index is 2770. The van der Waals surface area contributed by atoms with Crippen LogP contribution in [0.3, 0.4) is 0 Å². The molecule has 1 spiro atoms. The van der Waals surface area contributed by atoms with Gasteiger partial charge in [0.15, 0.2) is 5.75 Å². The van der Waals surface area contributed by atoms with E-state index in [-0.39, 0.29) is 46.8 Å². The lowest BCUT2D eigenvalue weighted by Crippen LogP contribution is -2.54. The van der Waals surface area contributed by atoms with Crippen LogP contribution in [0.15, 0.2) is 84.0 Å². The van der Waals surface area contributed by atoms with E-state index in [1.54, 1.807) is 37.4 Å². The summed E-state index contributed by atoms with van der Waals surface area (Å²) in [5.41, 5.74) is 3.08. The molecule has 3 aliphatic carbocycles. The molecule has 2 aromatic heterocycles. The second kappa shape index (κ2) is 18.1. The van der Waals surface area contributed by atoms with Gasteiger partial charge in [-0.3, -0.25) is 14.9 Å². The molecule has 0 radical (unpaired) electrons. The van der Waals surface area contributed by atoms with Crippen LogP contribution in [0.4, 0.5) is 11.4 Å². The largest absolute Gasteiger partial charge is 0.485 e. The van der Waals surface area contributed by atoms with Crippen molar-refractivity contribution in [3.8, 4) is 23.0 Å². The van der Waals surface area contributed by atoms with Crippen molar-refractivity contribution in [3.05, 3.63) is 106 Å². The molecule has 2 atom stereocenters. The highest BCUT2D eigenvalue weighted by Gasteiger charge is 2.47. The lowest BCUT2D eigenvalue weighted by molar-refractivity contribution is -0.386. The molecule has 3 saturated carbocycles. The smallest absolute Gasteiger partial charge is 0.316 e. The number of carbonyl (C=O) groups excluding carboxylic acids is 1. The number of ether oxygens (including phenoxy) is 4. The summed E-state index contributed by atoms with van der Waals surface area (Å²) in [5, 5.41) is 27.5. The Morgan fingerprint density at radius 1 is 1.04 bits per heavy atom. The first kappa shape index (κ1) is 45.1. The molecule has 17 heteroatoms. The van der Waals surface area contributed by atoms with Crippen LogP contribution in [0.2, 0.25) is 0 Å². The zero-order chi connectivity index (χ0) is 46.5. The number of hydrogen-bond acceptors (Lipinski definition) is 13. The minimum atomic E-state index is -4.69. The van der Waals surface area contributed by atoms with Crippen LogP contribution >= 0.6 is 0 Å². The number of nitrogens with one attached hydrogen (secondary N) is 3. The van der Waals surface area contributed by atoms with Crippen LogP contribution in [0.1, 0.15) is 112 Å². The van der Waals surface area contributed by atoms with Crippen molar-refractivity contribution in [3.63, 3.8) is 0 Å². The number of hydrogen-bond donors (Lipinski definition) is 4. The second-order valence-electron chi connectivity index (χ2n) is 19.5. The Morgan fingerprint density at radius 2 is 1.82 bits per heavy atom. The number of nitrogens with zero attached hydrogens (tertiary/aromatic N) is 3. The van der Waals surface area contributed by atoms with Gasteiger partial charge >= 0.3 is 5.69 Å². The molecule has 4 fully saturated rings. The maximum atomic E-state index is 14.1. The van der Waals surface area contributed by atoms with Crippen LogP contribution in [-0.2, 0) is 14.8 Å². The topological polar surface area (TPSA) is 207 Å². The number of pyridine rings is 1. The van der Waals surface area contributed by atoms with Crippen molar-refractivity contribution in [1.82, 2.24) is 20.0 Å². The standard InChI is InChI=1S/C50H58N6O10S/c1-3-63-29-41(39-7-5-4-6-38(39)31-8-9-31)53-34-26-50(27-34)17-20-55(21-18-50)35-10-11-40(43(23-35)65-36-22-33-14-19-51-47(33)52-28-36)48(57)54-67(61,62)37-24-42(56(59)60)46-44(25-37)64-30-45(66-46)32-12-15-49(2,58)16-13-32/h4-7,10-11,14,19,22-25,28,31-32,34,41,45,53,58H,3,8-9,12-13,15-18,20-21,26-27,29-30H2,1-2H3,(H,51,52)(H,54,57)/t32?,41-,45+,49?/m1/s1. The van der Waals surface area contributed by atoms with Crippen molar-refractivity contribution in [2.24, 2.45) is 11.3 Å². The van der Waals surface area contributed by atoms with Crippen LogP contribution in [0.5, 0.6) is 23.0 Å². The zero-order valence-corrected chi connectivity index (χ0v) is 38.7. The Labute approximate surface area is 389 Å². The van der Waals surface area contributed by atoms with Crippen LogP contribution in [-0.4, -0.2) is 85.0 Å². The number of nitro benzene ring substituents is 1. The van der Waals surface area contributed by atoms with Gasteiger partial charge in [0.05, 0.1) is 39.8 Å². The number of piperidine rings is 1. The van der Waals surface area contributed by atoms with Crippen LogP contribution in [0, 0.1) is 21.4 Å². The molecule has 354 valence electrons. The molecule has 0 bridgehead atoms. The highest BCUT2D eigenvalue weighted by atomic mass is 32.2. The maximum Gasteiger partial charge on any atom is 0.316 e. The fourth-order valence-corrected chi connectivity index (χ4v) is 11.7. The minimum Gasteiger partial charge on any atom is -0.485 e. The number of carbonyl (C=O) groups is 1. The Kier molecular flexibility index (Phi) is 12.1. The molecule has 1 amide bonds. The number of aromatic nitrogens is 2. The van der Waals surface area contributed by atoms with E-state index in [9.17, 15) is 28.4 Å². The quantitative estimate of drug-likeness (QED) is 0.0575. The van der Waals surface area contributed by atoms with Crippen molar-refractivity contribution in [2.45, 2.75) is 113 Å². The zero-order valence-electron chi connectivity index (χ0n) is 37.9. The van der Waals surface area contributed by atoms with Gasteiger partial charge < -0.3 is 39.3 Å². The van der Waals surface area contributed by atoms with Gasteiger partial charge in [-0.2, -0.15) is 0 Å². The van der Waals surface area contributed by atoms with Gasteiger partial charge in [-0.15, -0.1) is 0 Å². The van der Waals surface area contributed by atoms with Crippen molar-refractivity contribution < 1.29 is 42.2 Å². The first-order valence-electron chi connectivity index (χ1n) is 23.6. The van der Waals surface area contributed by atoms with Crippen molar-refractivity contribution >= 4 is 38.3 Å². The molecule has 4 N–H and O–H groups in total. The number of aliphatic hydroxyl groups is 1. The number of benzene rings is 3. The summed E-state index contributed by atoms with van der Waals surface area (Å²) in [6.45, 7) is 6.78. The summed E-state index contributed by atoms with van der Waals surface area (Å²) in [7, 11) is -4.69. The van der Waals surface area contributed by atoms with E-state index in [1.807, 2.05) is 13.0 Å². The first-order valence-corrected chi connectivity index (χ1v) is 25.1. The summed E-state index contributed by atoms with van der Waals surface area (Å²) >= 11 is 0. The number of nitro groups is 1. The molecule has 2 aliphatic heterocycles. The minimum absolute atomic E-state index is 0.00567. The lowest BCUT2D eigenvalue weighted by atomic mass is 9.60. The molecule has 5 aromatic rings. The van der Waals surface area contributed by atoms with Crippen LogP contribution in [0.25, 0.3) is 11.0 Å². The van der Waals surface area contributed by atoms with Gasteiger partial charge in [-0.25, -0.2) is 18.1 Å². The molecule has 0 unspecified atom stereocenters. The summed E-state index contributed by atoms with van der Waals surface area (Å²) in [4.78, 5) is 34.9. The maximum absolute atomic E-state index is 14.1. The molecule has 3 aromatic carbocycles. The van der Waals surface area contributed by atoms with Gasteiger partial charge in [-0.05, 0) is 131 Å². The summed E-state index contributed by atoms with van der Waals surface area (Å²) in [6.07, 6.45) is 11.9. The van der Waals surface area contributed by atoms with E-state index in [4.69, 9.17) is 18.9 Å². The Hall–Kier alpha value is -5.75. The molecule has 10 rings (SSSR count). The third-order valence-corrected chi connectivity index (χ3v) is 16.0. The van der Waals surface area contributed by atoms with Gasteiger partial charge in [-0.1, -0.05) is 24.3 Å². The lowest BCUT2D eigenvalue weighted by Gasteiger charge is -2.53. The number of sulfonamides is 1. The highest BCUT2D eigenvalue weighted by molar-refractivity contribution is 7.90. The number of H-pyrrole nitrogens is 1. The van der Waals surface area contributed by atoms with E-state index >= 15 is 0 Å². The van der Waals surface area contributed by atoms with Crippen molar-refractivity contribution in [2.75, 3.05) is 37.8 Å². The SMILES string of the molecule is CCOC[C@@H](NC1CC2(CCN(c3ccc(C(=O)NS(=O)(=O)c4cc5c(c([N+](=O)[O-])c4)O[C@H](C4CCC(C)(O)CC4)CO5)c(Oc4cnc5[nH]ccc5c4)c3)CC2)C1)c1ccccc1C1CC1. The molecule has 16 nitrogen and oxygen atoms in total. The molecule has 4 heterocycles. The number of aromatic amines is 1. The van der Waals surface area contributed by atoms with Crippen LogP contribution < -0.4 is 29.1 Å². The summed E-state index contributed by atoms with van der Waals surface area (Å²) in [6, 6.07) is 20.1. The predicted molar refractivity (Wildman–Crippen MR) is 251 cm³/mol. The molecular formula is C50H58N6O10S. The number of rotatable bonds is 15. The monoisotopic (exact) mass is 934 g/mol. The van der Waals surface area contributed by atoms with E-state index in [0.717, 1.165) is 62.0 Å². The highest BCUT2D eigenvalue weighted by Crippen LogP contribution is 2.51. The second-order valence-corrected chi connectivity index (χ2v) is 21.2. The number of anilines is 1. The van der Waals surface area contributed by atoms with Gasteiger partial charge in [0.25, 0.3) is 15.9 Å². The molecule has 1 saturated heterocycles. The number of amides is 1. The third kappa shape index (κ3) is 9.56.